The maximum atomic E-state index is 5.61. The molecule has 3 N–H and O–H groups in total. The Labute approximate surface area is 90.5 Å². The minimum absolute atomic E-state index is 0.197. The van der Waals surface area contributed by atoms with Crippen LogP contribution in [0, 0.1) is 0 Å². The van der Waals surface area contributed by atoms with E-state index in [0.717, 1.165) is 5.69 Å². The van der Waals surface area contributed by atoms with Crippen LogP contribution in [0.2, 0.25) is 0 Å². The van der Waals surface area contributed by atoms with Gasteiger partial charge in [-0.2, -0.15) is 0 Å². The Morgan fingerprint density at radius 1 is 1.20 bits per heavy atom. The standard InChI is InChI=1S/C13H18N2/c1-13(2,3)10-5-4-9-6-11(8-14)15-12(9)7-10/h4-7,15H,8,14H2,1-3H3. The van der Waals surface area contributed by atoms with Crippen molar-refractivity contribution in [2.75, 3.05) is 0 Å². The topological polar surface area (TPSA) is 41.8 Å². The molecule has 1 aromatic carbocycles. The first kappa shape index (κ1) is 10.2. The van der Waals surface area contributed by atoms with Gasteiger partial charge in [0.15, 0.2) is 0 Å². The molecule has 0 bridgehead atoms. The van der Waals surface area contributed by atoms with Gasteiger partial charge in [0.05, 0.1) is 0 Å². The Hall–Kier alpha value is -1.28. The van der Waals surface area contributed by atoms with Gasteiger partial charge in [-0.3, -0.25) is 0 Å². The van der Waals surface area contributed by atoms with Crippen LogP contribution in [0.5, 0.6) is 0 Å². The summed E-state index contributed by atoms with van der Waals surface area (Å²) in [5.41, 5.74) is 9.43. The van der Waals surface area contributed by atoms with Crippen LogP contribution in [-0.2, 0) is 12.0 Å². The number of nitrogens with one attached hydrogen (secondary N) is 1. The van der Waals surface area contributed by atoms with E-state index in [2.05, 4.69) is 50.0 Å². The number of aromatic amines is 1. The fourth-order valence-electron chi connectivity index (χ4n) is 1.76. The number of rotatable bonds is 1. The van der Waals surface area contributed by atoms with E-state index in [1.54, 1.807) is 0 Å². The summed E-state index contributed by atoms with van der Waals surface area (Å²) in [5.74, 6) is 0. The van der Waals surface area contributed by atoms with Gasteiger partial charge in [0.25, 0.3) is 0 Å². The highest BCUT2D eigenvalue weighted by atomic mass is 14.7. The largest absolute Gasteiger partial charge is 0.357 e. The van der Waals surface area contributed by atoms with Crippen molar-refractivity contribution in [3.05, 3.63) is 35.5 Å². The molecule has 1 aromatic heterocycles. The van der Waals surface area contributed by atoms with Crippen LogP contribution in [0.1, 0.15) is 32.0 Å². The molecule has 0 aliphatic rings. The predicted octanol–water partition coefficient (Wildman–Crippen LogP) is 2.92. The van der Waals surface area contributed by atoms with E-state index in [-0.39, 0.29) is 5.41 Å². The van der Waals surface area contributed by atoms with Crippen LogP contribution in [-0.4, -0.2) is 4.98 Å². The maximum absolute atomic E-state index is 5.61. The Morgan fingerprint density at radius 2 is 1.93 bits per heavy atom. The van der Waals surface area contributed by atoms with Crippen LogP contribution < -0.4 is 5.73 Å². The minimum Gasteiger partial charge on any atom is -0.357 e. The summed E-state index contributed by atoms with van der Waals surface area (Å²) in [5, 5.41) is 1.24. The molecule has 2 rings (SSSR count). The molecule has 80 valence electrons. The molecule has 0 aliphatic heterocycles. The molecule has 0 aliphatic carbocycles. The van der Waals surface area contributed by atoms with E-state index in [9.17, 15) is 0 Å². The smallest absolute Gasteiger partial charge is 0.0459 e. The van der Waals surface area contributed by atoms with Gasteiger partial charge in [0.1, 0.15) is 0 Å². The molecule has 0 fully saturated rings. The summed E-state index contributed by atoms with van der Waals surface area (Å²) in [6, 6.07) is 8.68. The van der Waals surface area contributed by atoms with Crippen LogP contribution in [0.4, 0.5) is 0 Å². The van der Waals surface area contributed by atoms with E-state index in [1.807, 2.05) is 0 Å². The molecule has 2 heteroatoms. The number of nitrogens with two attached hydrogens (primary N) is 1. The number of hydrogen-bond acceptors (Lipinski definition) is 1. The molecule has 0 unspecified atom stereocenters. The fraction of sp³-hybridized carbons (Fsp3) is 0.385. The number of H-pyrrole nitrogens is 1. The van der Waals surface area contributed by atoms with Gasteiger partial charge in [-0.1, -0.05) is 32.9 Å². The summed E-state index contributed by atoms with van der Waals surface area (Å²) < 4.78 is 0. The Bertz CT molecular complexity index is 475. The van der Waals surface area contributed by atoms with Gasteiger partial charge in [-0.25, -0.2) is 0 Å². The third-order valence-corrected chi connectivity index (χ3v) is 2.76. The van der Waals surface area contributed by atoms with Gasteiger partial charge in [0, 0.05) is 17.8 Å². The molecule has 0 saturated carbocycles. The molecule has 0 atom stereocenters. The summed E-state index contributed by atoms with van der Waals surface area (Å²) in [7, 11) is 0. The quantitative estimate of drug-likeness (QED) is 0.733. The number of benzene rings is 1. The number of aromatic nitrogens is 1. The second kappa shape index (κ2) is 3.38. The zero-order valence-corrected chi connectivity index (χ0v) is 9.59. The zero-order valence-electron chi connectivity index (χ0n) is 9.59. The number of hydrogen-bond donors (Lipinski definition) is 2. The van der Waals surface area contributed by atoms with Crippen molar-refractivity contribution in [3.63, 3.8) is 0 Å². The van der Waals surface area contributed by atoms with Crippen molar-refractivity contribution >= 4 is 10.9 Å². The van der Waals surface area contributed by atoms with Crippen molar-refractivity contribution in [2.24, 2.45) is 5.73 Å². The SMILES string of the molecule is CC(C)(C)c1ccc2cc(CN)[nH]c2c1. The van der Waals surface area contributed by atoms with Gasteiger partial charge in [-0.15, -0.1) is 0 Å². The normalized spacial score (nSPS) is 12.3. The minimum atomic E-state index is 0.197. The third-order valence-electron chi connectivity index (χ3n) is 2.76. The van der Waals surface area contributed by atoms with Crippen LogP contribution >= 0.6 is 0 Å². The van der Waals surface area contributed by atoms with Crippen LogP contribution in [0.15, 0.2) is 24.3 Å². The lowest BCUT2D eigenvalue weighted by Crippen LogP contribution is -2.10. The van der Waals surface area contributed by atoms with E-state index in [0.29, 0.717) is 6.54 Å². The third kappa shape index (κ3) is 1.90. The Kier molecular flexibility index (Phi) is 2.31. The van der Waals surface area contributed by atoms with Crippen molar-refractivity contribution in [3.8, 4) is 0 Å². The molecule has 0 spiro atoms. The highest BCUT2D eigenvalue weighted by Gasteiger charge is 2.14. The second-order valence-corrected chi connectivity index (χ2v) is 5.05. The lowest BCUT2D eigenvalue weighted by Gasteiger charge is -2.18. The molecule has 2 aromatic rings. The zero-order chi connectivity index (χ0) is 11.1. The predicted molar refractivity (Wildman–Crippen MR) is 64.9 cm³/mol. The van der Waals surface area contributed by atoms with E-state index >= 15 is 0 Å². The molecule has 15 heavy (non-hydrogen) atoms. The Balaban J connectivity index is 2.55. The highest BCUT2D eigenvalue weighted by molar-refractivity contribution is 5.81. The monoisotopic (exact) mass is 202 g/mol. The molecular weight excluding hydrogens is 184 g/mol. The summed E-state index contributed by atoms with van der Waals surface area (Å²) in [6.45, 7) is 7.24. The van der Waals surface area contributed by atoms with E-state index in [1.165, 1.54) is 16.5 Å². The molecule has 0 amide bonds. The van der Waals surface area contributed by atoms with Crippen molar-refractivity contribution in [1.82, 2.24) is 4.98 Å². The molecule has 2 nitrogen and oxygen atoms in total. The van der Waals surface area contributed by atoms with Gasteiger partial charge >= 0.3 is 0 Å². The summed E-state index contributed by atoms with van der Waals surface area (Å²) in [4.78, 5) is 3.33. The highest BCUT2D eigenvalue weighted by Crippen LogP contribution is 2.26. The first-order valence-electron chi connectivity index (χ1n) is 5.33. The molecule has 0 radical (unpaired) electrons. The van der Waals surface area contributed by atoms with Crippen LogP contribution in [0.3, 0.4) is 0 Å². The van der Waals surface area contributed by atoms with E-state index in [4.69, 9.17) is 5.73 Å². The first-order chi connectivity index (χ1) is 7.00. The van der Waals surface area contributed by atoms with Gasteiger partial charge in [0.2, 0.25) is 0 Å². The van der Waals surface area contributed by atoms with Crippen molar-refractivity contribution in [1.29, 1.82) is 0 Å². The lowest BCUT2D eigenvalue weighted by molar-refractivity contribution is 0.591. The first-order valence-corrected chi connectivity index (χ1v) is 5.33. The molecule has 1 heterocycles. The number of fused-ring (bicyclic) bond motifs is 1. The summed E-state index contributed by atoms with van der Waals surface area (Å²) in [6.07, 6.45) is 0. The fourth-order valence-corrected chi connectivity index (χ4v) is 1.76. The van der Waals surface area contributed by atoms with Gasteiger partial charge in [-0.05, 0) is 28.5 Å². The van der Waals surface area contributed by atoms with Gasteiger partial charge < -0.3 is 10.7 Å². The average Bonchev–Trinajstić information content (AvgIpc) is 2.57. The molecule has 0 saturated heterocycles. The second-order valence-electron chi connectivity index (χ2n) is 5.05. The molecular formula is C13H18N2. The maximum Gasteiger partial charge on any atom is 0.0459 e. The average molecular weight is 202 g/mol. The van der Waals surface area contributed by atoms with E-state index < -0.39 is 0 Å². The van der Waals surface area contributed by atoms with Crippen molar-refractivity contribution in [2.45, 2.75) is 32.7 Å². The Morgan fingerprint density at radius 3 is 2.53 bits per heavy atom. The van der Waals surface area contributed by atoms with Crippen molar-refractivity contribution < 1.29 is 0 Å². The lowest BCUT2D eigenvalue weighted by atomic mass is 9.87. The van der Waals surface area contributed by atoms with Crippen LogP contribution in [0.25, 0.3) is 10.9 Å². The summed E-state index contributed by atoms with van der Waals surface area (Å²) >= 11 is 0.